The van der Waals surface area contributed by atoms with Crippen LogP contribution in [0.2, 0.25) is 0 Å². The van der Waals surface area contributed by atoms with Gasteiger partial charge in [0.2, 0.25) is 0 Å². The summed E-state index contributed by atoms with van der Waals surface area (Å²) in [6, 6.07) is 5.93. The number of hydrogen-bond acceptors (Lipinski definition) is 4. The summed E-state index contributed by atoms with van der Waals surface area (Å²) in [5, 5.41) is 11.9. The van der Waals surface area contributed by atoms with Crippen LogP contribution in [-0.2, 0) is 0 Å². The predicted molar refractivity (Wildman–Crippen MR) is 71.0 cm³/mol. The Labute approximate surface area is 105 Å². The number of aliphatic hydroxyl groups excluding tert-OH is 1. The normalized spacial score (nSPS) is 12.7. The zero-order chi connectivity index (χ0) is 12.4. The van der Waals surface area contributed by atoms with Gasteiger partial charge in [0.15, 0.2) is 0 Å². The number of rotatable bonds is 3. The summed E-state index contributed by atoms with van der Waals surface area (Å²) in [6.07, 6.45) is 0. The molecule has 1 atom stereocenters. The molecule has 0 saturated carbocycles. The minimum Gasteiger partial charge on any atom is -0.394 e. The predicted octanol–water partition coefficient (Wildman–Crippen LogP) is 2.42. The van der Waals surface area contributed by atoms with Gasteiger partial charge in [-0.25, -0.2) is 4.98 Å². The van der Waals surface area contributed by atoms with Gasteiger partial charge >= 0.3 is 0 Å². The van der Waals surface area contributed by atoms with Crippen LogP contribution in [0.15, 0.2) is 23.6 Å². The Kier molecular flexibility index (Phi) is 3.57. The second-order valence-corrected chi connectivity index (χ2v) is 5.04. The van der Waals surface area contributed by atoms with Gasteiger partial charge in [-0.2, -0.15) is 0 Å². The molecule has 0 radical (unpaired) electrons. The fraction of sp³-hybridized carbons (Fsp3) is 0.308. The molecule has 0 bridgehead atoms. The molecule has 0 fully saturated rings. The van der Waals surface area contributed by atoms with Gasteiger partial charge in [-0.05, 0) is 25.5 Å². The summed E-state index contributed by atoms with van der Waals surface area (Å²) in [7, 11) is 0. The van der Waals surface area contributed by atoms with Crippen LogP contribution >= 0.6 is 11.3 Å². The van der Waals surface area contributed by atoms with Gasteiger partial charge in [-0.1, -0.05) is 17.7 Å². The molecule has 3 nitrogen and oxygen atoms in total. The molecule has 1 aromatic carbocycles. The minimum atomic E-state index is -0.384. The number of nitrogens with two attached hydrogens (primary N) is 1. The molecule has 0 aliphatic carbocycles. The van der Waals surface area contributed by atoms with E-state index < -0.39 is 0 Å². The van der Waals surface area contributed by atoms with Gasteiger partial charge in [-0.15, -0.1) is 11.3 Å². The number of aryl methyl sites for hydroxylation is 2. The summed E-state index contributed by atoms with van der Waals surface area (Å²) in [4.78, 5) is 4.49. The van der Waals surface area contributed by atoms with Crippen LogP contribution < -0.4 is 5.73 Å². The highest BCUT2D eigenvalue weighted by atomic mass is 32.1. The molecule has 0 aliphatic rings. The van der Waals surface area contributed by atoms with Gasteiger partial charge in [0, 0.05) is 10.9 Å². The van der Waals surface area contributed by atoms with Crippen molar-refractivity contribution in [1.29, 1.82) is 0 Å². The lowest BCUT2D eigenvalue weighted by atomic mass is 10.1. The Hall–Kier alpha value is -1.23. The molecular formula is C13H16N2OS. The van der Waals surface area contributed by atoms with Crippen molar-refractivity contribution in [3.8, 4) is 10.6 Å². The second kappa shape index (κ2) is 4.96. The molecule has 1 unspecified atom stereocenters. The van der Waals surface area contributed by atoms with Crippen LogP contribution in [0.3, 0.4) is 0 Å². The van der Waals surface area contributed by atoms with Crippen LogP contribution in [0.5, 0.6) is 0 Å². The Balaban J connectivity index is 2.40. The molecule has 0 aliphatic heterocycles. The van der Waals surface area contributed by atoms with Gasteiger partial charge in [0.05, 0.1) is 18.3 Å². The number of aromatic nitrogens is 1. The first-order chi connectivity index (χ1) is 8.11. The first kappa shape index (κ1) is 12.2. The summed E-state index contributed by atoms with van der Waals surface area (Å²) in [5.41, 5.74) is 10.1. The van der Waals surface area contributed by atoms with E-state index in [2.05, 4.69) is 37.0 Å². The Morgan fingerprint density at radius 2 is 2.18 bits per heavy atom. The topological polar surface area (TPSA) is 59.1 Å². The maximum absolute atomic E-state index is 9.01. The smallest absolute Gasteiger partial charge is 0.123 e. The first-order valence-electron chi connectivity index (χ1n) is 5.51. The van der Waals surface area contributed by atoms with Crippen molar-refractivity contribution in [3.05, 3.63) is 40.4 Å². The molecule has 90 valence electrons. The van der Waals surface area contributed by atoms with E-state index in [1.807, 2.05) is 5.38 Å². The highest BCUT2D eigenvalue weighted by Crippen LogP contribution is 2.28. The monoisotopic (exact) mass is 248 g/mol. The number of hydrogen-bond donors (Lipinski definition) is 2. The van der Waals surface area contributed by atoms with Crippen molar-refractivity contribution >= 4 is 11.3 Å². The van der Waals surface area contributed by atoms with Crippen LogP contribution in [0.25, 0.3) is 10.6 Å². The fourth-order valence-corrected chi connectivity index (χ4v) is 2.60. The van der Waals surface area contributed by atoms with E-state index >= 15 is 0 Å². The zero-order valence-corrected chi connectivity index (χ0v) is 10.8. The third-order valence-corrected chi connectivity index (χ3v) is 3.62. The molecule has 4 heteroatoms. The number of benzene rings is 1. The van der Waals surface area contributed by atoms with Crippen molar-refractivity contribution in [2.75, 3.05) is 6.61 Å². The average molecular weight is 248 g/mol. The Morgan fingerprint density at radius 3 is 2.88 bits per heavy atom. The van der Waals surface area contributed by atoms with Crippen molar-refractivity contribution in [2.24, 2.45) is 5.73 Å². The summed E-state index contributed by atoms with van der Waals surface area (Å²) in [6.45, 7) is 4.06. The fourth-order valence-electron chi connectivity index (χ4n) is 1.64. The van der Waals surface area contributed by atoms with Crippen molar-refractivity contribution in [2.45, 2.75) is 19.9 Å². The van der Waals surface area contributed by atoms with E-state index in [4.69, 9.17) is 10.8 Å². The van der Waals surface area contributed by atoms with Gasteiger partial charge < -0.3 is 10.8 Å². The van der Waals surface area contributed by atoms with Crippen molar-refractivity contribution in [1.82, 2.24) is 4.98 Å². The Bertz CT molecular complexity index is 522. The summed E-state index contributed by atoms with van der Waals surface area (Å²) < 4.78 is 0. The number of aliphatic hydroxyl groups is 1. The van der Waals surface area contributed by atoms with Crippen molar-refractivity contribution < 1.29 is 5.11 Å². The molecule has 3 N–H and O–H groups in total. The SMILES string of the molecule is Cc1ccc(C)c(-c2nc(C(N)CO)cs2)c1. The average Bonchev–Trinajstić information content (AvgIpc) is 2.80. The van der Waals surface area contributed by atoms with Crippen LogP contribution in [0.1, 0.15) is 22.9 Å². The first-order valence-corrected chi connectivity index (χ1v) is 6.39. The lowest BCUT2D eigenvalue weighted by Crippen LogP contribution is -2.14. The molecule has 0 saturated heterocycles. The van der Waals surface area contributed by atoms with Crippen LogP contribution in [0.4, 0.5) is 0 Å². The summed E-state index contributed by atoms with van der Waals surface area (Å²) in [5.74, 6) is 0. The number of nitrogens with zero attached hydrogens (tertiary/aromatic N) is 1. The third-order valence-electron chi connectivity index (χ3n) is 2.72. The largest absolute Gasteiger partial charge is 0.394 e. The van der Waals surface area contributed by atoms with E-state index in [0.29, 0.717) is 0 Å². The standard InChI is InChI=1S/C13H16N2OS/c1-8-3-4-9(2)10(5-8)13-15-12(7-17-13)11(14)6-16/h3-5,7,11,16H,6,14H2,1-2H3. The molecule has 2 rings (SSSR count). The van der Waals surface area contributed by atoms with Crippen molar-refractivity contribution in [3.63, 3.8) is 0 Å². The lowest BCUT2D eigenvalue weighted by Gasteiger charge is -2.05. The van der Waals surface area contributed by atoms with Gasteiger partial charge in [-0.3, -0.25) is 0 Å². The van der Waals surface area contributed by atoms with Crippen LogP contribution in [-0.4, -0.2) is 16.7 Å². The minimum absolute atomic E-state index is 0.0734. The highest BCUT2D eigenvalue weighted by molar-refractivity contribution is 7.13. The molecule has 0 amide bonds. The highest BCUT2D eigenvalue weighted by Gasteiger charge is 2.12. The second-order valence-electron chi connectivity index (χ2n) is 4.18. The van der Waals surface area contributed by atoms with Gasteiger partial charge in [0.25, 0.3) is 0 Å². The third kappa shape index (κ3) is 2.54. The number of thiazole rings is 1. The van der Waals surface area contributed by atoms with Crippen LogP contribution in [0, 0.1) is 13.8 Å². The molecule has 1 aromatic heterocycles. The van der Waals surface area contributed by atoms with E-state index in [9.17, 15) is 0 Å². The summed E-state index contributed by atoms with van der Waals surface area (Å²) >= 11 is 1.57. The molecular weight excluding hydrogens is 232 g/mol. The molecule has 1 heterocycles. The van der Waals surface area contributed by atoms with E-state index in [0.717, 1.165) is 16.3 Å². The maximum atomic E-state index is 9.01. The molecule has 0 spiro atoms. The zero-order valence-electron chi connectivity index (χ0n) is 9.97. The molecule has 17 heavy (non-hydrogen) atoms. The van der Waals surface area contributed by atoms with E-state index in [1.54, 1.807) is 11.3 Å². The lowest BCUT2D eigenvalue weighted by molar-refractivity contribution is 0.266. The van der Waals surface area contributed by atoms with E-state index in [1.165, 1.54) is 11.1 Å². The van der Waals surface area contributed by atoms with E-state index in [-0.39, 0.29) is 12.6 Å². The maximum Gasteiger partial charge on any atom is 0.123 e. The Morgan fingerprint density at radius 1 is 1.41 bits per heavy atom. The molecule has 2 aromatic rings. The van der Waals surface area contributed by atoms with Gasteiger partial charge in [0.1, 0.15) is 5.01 Å². The quantitative estimate of drug-likeness (QED) is 0.877.